The number of rotatable bonds is 5. The molecule has 0 aliphatic carbocycles. The van der Waals surface area contributed by atoms with E-state index in [0.717, 1.165) is 44.9 Å². The highest BCUT2D eigenvalue weighted by atomic mass is 16.5. The Morgan fingerprint density at radius 2 is 2.24 bits per heavy atom. The highest BCUT2D eigenvalue weighted by molar-refractivity contribution is 5.77. The molecule has 21 heavy (non-hydrogen) atoms. The molecule has 1 aliphatic rings. The molecule has 2 heterocycles. The lowest BCUT2D eigenvalue weighted by Crippen LogP contribution is -2.37. The molecule has 0 saturated carbocycles. The van der Waals surface area contributed by atoms with Crippen LogP contribution in [0.25, 0.3) is 6.08 Å². The van der Waals surface area contributed by atoms with Crippen molar-refractivity contribution in [2.75, 3.05) is 46.4 Å². The van der Waals surface area contributed by atoms with E-state index in [4.69, 9.17) is 9.15 Å². The Bertz CT molecular complexity index is 468. The molecule has 1 fully saturated rings. The largest absolute Gasteiger partial charge is 0.465 e. The number of hydrogen-bond acceptors (Lipinski definition) is 4. The van der Waals surface area contributed by atoms with Crippen LogP contribution < -0.4 is 0 Å². The standard InChI is InChI=1S/C16H24N2O3/c1-14(11-15-5-3-10-21-15)12-17-6-4-7-18(9-8-17)16(19)13-20-2/h3,5,10-11H,4,6-9,12-13H2,1-2H3. The Labute approximate surface area is 126 Å². The first-order valence-corrected chi connectivity index (χ1v) is 7.39. The Kier molecular flexibility index (Phi) is 6.02. The summed E-state index contributed by atoms with van der Waals surface area (Å²) in [4.78, 5) is 16.1. The zero-order chi connectivity index (χ0) is 15.1. The summed E-state index contributed by atoms with van der Waals surface area (Å²) in [7, 11) is 1.56. The van der Waals surface area contributed by atoms with Crippen LogP contribution in [0, 0.1) is 0 Å². The molecule has 116 valence electrons. The molecule has 1 saturated heterocycles. The molecule has 0 N–H and O–H groups in total. The lowest BCUT2D eigenvalue weighted by molar-refractivity contribution is -0.135. The molecule has 2 rings (SSSR count). The van der Waals surface area contributed by atoms with Crippen LogP contribution in [0.5, 0.6) is 0 Å². The van der Waals surface area contributed by atoms with Gasteiger partial charge in [-0.3, -0.25) is 9.69 Å². The van der Waals surface area contributed by atoms with Gasteiger partial charge in [0.15, 0.2) is 0 Å². The molecule has 0 unspecified atom stereocenters. The van der Waals surface area contributed by atoms with Gasteiger partial charge in [0.25, 0.3) is 0 Å². The van der Waals surface area contributed by atoms with Crippen molar-refractivity contribution in [1.29, 1.82) is 0 Å². The minimum Gasteiger partial charge on any atom is -0.465 e. The van der Waals surface area contributed by atoms with E-state index in [-0.39, 0.29) is 12.5 Å². The van der Waals surface area contributed by atoms with Crippen LogP contribution in [0.1, 0.15) is 19.1 Å². The van der Waals surface area contributed by atoms with Crippen molar-refractivity contribution >= 4 is 12.0 Å². The molecule has 0 aromatic carbocycles. The molecule has 0 spiro atoms. The SMILES string of the molecule is COCC(=O)N1CCCN(CC(C)=Cc2ccco2)CC1. The predicted molar refractivity (Wildman–Crippen MR) is 81.9 cm³/mol. The van der Waals surface area contributed by atoms with E-state index in [1.54, 1.807) is 13.4 Å². The van der Waals surface area contributed by atoms with Crippen molar-refractivity contribution in [2.45, 2.75) is 13.3 Å². The summed E-state index contributed by atoms with van der Waals surface area (Å²) in [6, 6.07) is 3.85. The number of carbonyl (C=O) groups excluding carboxylic acids is 1. The molecule has 0 atom stereocenters. The molecule has 0 bridgehead atoms. The molecule has 1 amide bonds. The Hall–Kier alpha value is -1.59. The smallest absolute Gasteiger partial charge is 0.248 e. The topological polar surface area (TPSA) is 45.9 Å². The number of amides is 1. The fourth-order valence-electron chi connectivity index (χ4n) is 2.61. The van der Waals surface area contributed by atoms with Crippen molar-refractivity contribution in [3.63, 3.8) is 0 Å². The minimum atomic E-state index is 0.0854. The lowest BCUT2D eigenvalue weighted by Gasteiger charge is -2.22. The van der Waals surface area contributed by atoms with Gasteiger partial charge in [0.2, 0.25) is 5.91 Å². The van der Waals surface area contributed by atoms with Gasteiger partial charge in [-0.05, 0) is 31.6 Å². The molecule has 1 aromatic rings. The number of methoxy groups -OCH3 is 1. The van der Waals surface area contributed by atoms with Gasteiger partial charge in [-0.15, -0.1) is 0 Å². The molecular weight excluding hydrogens is 268 g/mol. The summed E-state index contributed by atoms with van der Waals surface area (Å²) in [6.45, 7) is 6.71. The van der Waals surface area contributed by atoms with Crippen LogP contribution >= 0.6 is 0 Å². The first-order chi connectivity index (χ1) is 10.2. The van der Waals surface area contributed by atoms with E-state index < -0.39 is 0 Å². The summed E-state index contributed by atoms with van der Waals surface area (Å²) in [6.07, 6.45) is 4.76. The van der Waals surface area contributed by atoms with Gasteiger partial charge in [0.05, 0.1) is 6.26 Å². The molecule has 1 aliphatic heterocycles. The number of furan rings is 1. The van der Waals surface area contributed by atoms with Gasteiger partial charge >= 0.3 is 0 Å². The zero-order valence-electron chi connectivity index (χ0n) is 12.9. The summed E-state index contributed by atoms with van der Waals surface area (Å²) in [5.74, 6) is 0.974. The quantitative estimate of drug-likeness (QED) is 0.831. The molecule has 5 heteroatoms. The van der Waals surface area contributed by atoms with Crippen LogP contribution in [0.3, 0.4) is 0 Å². The molecule has 5 nitrogen and oxygen atoms in total. The van der Waals surface area contributed by atoms with E-state index >= 15 is 0 Å². The highest BCUT2D eigenvalue weighted by Gasteiger charge is 2.18. The Morgan fingerprint density at radius 1 is 1.38 bits per heavy atom. The van der Waals surface area contributed by atoms with Crippen LogP contribution in [-0.2, 0) is 9.53 Å². The van der Waals surface area contributed by atoms with Gasteiger partial charge in [-0.1, -0.05) is 5.57 Å². The molecule has 1 aromatic heterocycles. The first-order valence-electron chi connectivity index (χ1n) is 7.39. The fraction of sp³-hybridized carbons (Fsp3) is 0.562. The molecule has 0 radical (unpaired) electrons. The van der Waals surface area contributed by atoms with Gasteiger partial charge in [0, 0.05) is 39.8 Å². The van der Waals surface area contributed by atoms with Crippen LogP contribution in [0.4, 0.5) is 0 Å². The van der Waals surface area contributed by atoms with E-state index in [9.17, 15) is 4.79 Å². The van der Waals surface area contributed by atoms with Crippen LogP contribution in [0.15, 0.2) is 28.4 Å². The first kappa shape index (κ1) is 15.8. The second kappa shape index (κ2) is 8.00. The maximum absolute atomic E-state index is 11.8. The predicted octanol–water partition coefficient (Wildman–Crippen LogP) is 1.86. The average molecular weight is 292 g/mol. The second-order valence-electron chi connectivity index (χ2n) is 5.45. The zero-order valence-corrected chi connectivity index (χ0v) is 12.9. The lowest BCUT2D eigenvalue weighted by atomic mass is 10.2. The number of carbonyl (C=O) groups is 1. The van der Waals surface area contributed by atoms with Crippen molar-refractivity contribution in [3.05, 3.63) is 29.7 Å². The maximum atomic E-state index is 11.8. The van der Waals surface area contributed by atoms with Gasteiger partial charge in [-0.2, -0.15) is 0 Å². The number of ether oxygens (including phenoxy) is 1. The third kappa shape index (κ3) is 5.02. The molecular formula is C16H24N2O3. The highest BCUT2D eigenvalue weighted by Crippen LogP contribution is 2.10. The second-order valence-corrected chi connectivity index (χ2v) is 5.45. The summed E-state index contributed by atoms with van der Waals surface area (Å²) < 4.78 is 10.3. The number of nitrogens with zero attached hydrogens (tertiary/aromatic N) is 2. The van der Waals surface area contributed by atoms with E-state index in [0.29, 0.717) is 0 Å². The minimum absolute atomic E-state index is 0.0854. The Morgan fingerprint density at radius 3 is 2.95 bits per heavy atom. The van der Waals surface area contributed by atoms with Crippen molar-refractivity contribution in [1.82, 2.24) is 9.80 Å². The van der Waals surface area contributed by atoms with E-state index in [1.165, 1.54) is 5.57 Å². The summed E-state index contributed by atoms with van der Waals surface area (Å²) in [5.41, 5.74) is 1.27. The van der Waals surface area contributed by atoms with Crippen molar-refractivity contribution in [2.24, 2.45) is 0 Å². The third-order valence-corrected chi connectivity index (χ3v) is 3.61. The third-order valence-electron chi connectivity index (χ3n) is 3.61. The van der Waals surface area contributed by atoms with Crippen molar-refractivity contribution in [3.8, 4) is 0 Å². The monoisotopic (exact) mass is 292 g/mol. The number of hydrogen-bond donors (Lipinski definition) is 0. The van der Waals surface area contributed by atoms with Crippen LogP contribution in [-0.4, -0.2) is 62.1 Å². The maximum Gasteiger partial charge on any atom is 0.248 e. The van der Waals surface area contributed by atoms with Gasteiger partial charge in [0.1, 0.15) is 12.4 Å². The van der Waals surface area contributed by atoms with Crippen LogP contribution in [0.2, 0.25) is 0 Å². The normalized spacial score (nSPS) is 17.8. The van der Waals surface area contributed by atoms with Gasteiger partial charge < -0.3 is 14.1 Å². The van der Waals surface area contributed by atoms with Gasteiger partial charge in [-0.25, -0.2) is 0 Å². The summed E-state index contributed by atoms with van der Waals surface area (Å²) in [5, 5.41) is 0. The fourth-order valence-corrected chi connectivity index (χ4v) is 2.61. The summed E-state index contributed by atoms with van der Waals surface area (Å²) >= 11 is 0. The van der Waals surface area contributed by atoms with E-state index in [1.807, 2.05) is 17.0 Å². The van der Waals surface area contributed by atoms with E-state index in [2.05, 4.69) is 17.9 Å². The average Bonchev–Trinajstić information content (AvgIpc) is 2.83. The Balaban J connectivity index is 1.84. The van der Waals surface area contributed by atoms with Crippen molar-refractivity contribution < 1.29 is 13.9 Å².